The number of hydrogen-bond donors (Lipinski definition) is 0. The smallest absolute Gasteiger partial charge is 0.305 e. The highest BCUT2D eigenvalue weighted by molar-refractivity contribution is 5.67. The molecule has 0 aromatic heterocycles. The lowest BCUT2D eigenvalue weighted by Gasteiger charge is -2.28. The van der Waals surface area contributed by atoms with Gasteiger partial charge >= 0.3 is 11.9 Å². The molecular weight excluding hydrogens is 212 g/mol. The molecule has 0 aliphatic carbocycles. The van der Waals surface area contributed by atoms with Gasteiger partial charge in [0.05, 0.1) is 6.10 Å². The van der Waals surface area contributed by atoms with E-state index in [1.807, 2.05) is 6.92 Å². The van der Waals surface area contributed by atoms with Gasteiger partial charge in [0, 0.05) is 20.3 Å². The van der Waals surface area contributed by atoms with E-state index in [1.165, 1.54) is 13.8 Å². The molecule has 0 bridgehead atoms. The highest BCUT2D eigenvalue weighted by atomic mass is 16.7. The van der Waals surface area contributed by atoms with Gasteiger partial charge in [0.2, 0.25) is 6.29 Å². The van der Waals surface area contributed by atoms with Crippen molar-refractivity contribution in [2.24, 2.45) is 0 Å². The predicted molar refractivity (Wildman–Crippen MR) is 55.5 cm³/mol. The molecule has 0 aromatic rings. The number of esters is 2. The molecule has 5 heteroatoms. The first-order valence-corrected chi connectivity index (χ1v) is 5.39. The van der Waals surface area contributed by atoms with Crippen molar-refractivity contribution in [3.05, 3.63) is 0 Å². The first-order chi connectivity index (χ1) is 7.37. The van der Waals surface area contributed by atoms with Crippen LogP contribution >= 0.6 is 0 Å². The van der Waals surface area contributed by atoms with Gasteiger partial charge in [-0.1, -0.05) is 6.92 Å². The van der Waals surface area contributed by atoms with Crippen molar-refractivity contribution >= 4 is 11.9 Å². The fourth-order valence-corrected chi connectivity index (χ4v) is 1.88. The minimum atomic E-state index is -0.877. The molecule has 1 saturated heterocycles. The Labute approximate surface area is 95.0 Å². The zero-order chi connectivity index (χ0) is 12.3. The fourth-order valence-electron chi connectivity index (χ4n) is 1.88. The molecule has 1 unspecified atom stereocenters. The van der Waals surface area contributed by atoms with Crippen LogP contribution in [0.4, 0.5) is 0 Å². The van der Waals surface area contributed by atoms with E-state index in [-0.39, 0.29) is 6.10 Å². The molecule has 0 aromatic carbocycles. The Morgan fingerprint density at radius 3 is 2.44 bits per heavy atom. The number of carbonyl (C=O) groups excluding carboxylic acids is 2. The van der Waals surface area contributed by atoms with E-state index in [4.69, 9.17) is 14.2 Å². The van der Waals surface area contributed by atoms with Gasteiger partial charge in [0.15, 0.2) is 5.60 Å². The van der Waals surface area contributed by atoms with Crippen molar-refractivity contribution in [1.29, 1.82) is 0 Å². The third-order valence-electron chi connectivity index (χ3n) is 2.55. The van der Waals surface area contributed by atoms with Crippen LogP contribution in [0.25, 0.3) is 0 Å². The molecule has 1 rings (SSSR count). The Morgan fingerprint density at radius 1 is 1.38 bits per heavy atom. The van der Waals surface area contributed by atoms with Crippen LogP contribution in [-0.2, 0) is 23.8 Å². The Balaban J connectivity index is 2.77. The van der Waals surface area contributed by atoms with E-state index < -0.39 is 23.8 Å². The maximum absolute atomic E-state index is 11.0. The fraction of sp³-hybridized carbons (Fsp3) is 0.818. The summed E-state index contributed by atoms with van der Waals surface area (Å²) in [5, 5.41) is 0. The molecule has 1 fully saturated rings. The molecule has 0 N–H and O–H groups in total. The zero-order valence-electron chi connectivity index (χ0n) is 10.1. The van der Waals surface area contributed by atoms with Crippen LogP contribution in [0.5, 0.6) is 0 Å². The molecule has 5 nitrogen and oxygen atoms in total. The van der Waals surface area contributed by atoms with Gasteiger partial charge in [0.25, 0.3) is 0 Å². The molecule has 0 spiro atoms. The summed E-state index contributed by atoms with van der Waals surface area (Å²) in [6.45, 7) is 6.32. The molecule has 1 aliphatic heterocycles. The summed E-state index contributed by atoms with van der Waals surface area (Å²) in [4.78, 5) is 21.9. The largest absolute Gasteiger partial charge is 0.453 e. The van der Waals surface area contributed by atoms with E-state index >= 15 is 0 Å². The average Bonchev–Trinajstić information content (AvgIpc) is 2.41. The first kappa shape index (κ1) is 13.0. The summed E-state index contributed by atoms with van der Waals surface area (Å²) < 4.78 is 15.7. The molecule has 3 atom stereocenters. The highest BCUT2D eigenvalue weighted by Gasteiger charge is 2.49. The van der Waals surface area contributed by atoms with Gasteiger partial charge in [-0.25, -0.2) is 0 Å². The van der Waals surface area contributed by atoms with Crippen LogP contribution in [0.15, 0.2) is 0 Å². The van der Waals surface area contributed by atoms with Crippen LogP contribution in [0, 0.1) is 0 Å². The Bertz CT molecular complexity index is 288. The molecule has 92 valence electrons. The summed E-state index contributed by atoms with van der Waals surface area (Å²) in [6.07, 6.45) is 0.475. The minimum absolute atomic E-state index is 0.0475. The molecule has 0 amide bonds. The monoisotopic (exact) mass is 230 g/mol. The summed E-state index contributed by atoms with van der Waals surface area (Å²) in [5.41, 5.74) is -0.877. The summed E-state index contributed by atoms with van der Waals surface area (Å²) in [6, 6.07) is 0. The SMILES string of the molecule is CC[C@@H]1C[C@@](C)(OC(C)=O)C(OC(C)=O)O1. The average molecular weight is 230 g/mol. The van der Waals surface area contributed by atoms with Gasteiger partial charge in [-0.15, -0.1) is 0 Å². The van der Waals surface area contributed by atoms with Gasteiger partial charge in [0.1, 0.15) is 0 Å². The quantitative estimate of drug-likeness (QED) is 0.686. The maximum atomic E-state index is 11.0. The summed E-state index contributed by atoms with van der Waals surface area (Å²) >= 11 is 0. The van der Waals surface area contributed by atoms with Crippen LogP contribution in [0.1, 0.15) is 40.5 Å². The lowest BCUT2D eigenvalue weighted by molar-refractivity contribution is -0.213. The third kappa shape index (κ3) is 2.95. The lowest BCUT2D eigenvalue weighted by Crippen LogP contribution is -2.41. The van der Waals surface area contributed by atoms with Crippen molar-refractivity contribution in [3.8, 4) is 0 Å². The molecule has 1 aliphatic rings. The van der Waals surface area contributed by atoms with E-state index in [1.54, 1.807) is 6.92 Å². The Kier molecular flexibility index (Phi) is 3.91. The lowest BCUT2D eigenvalue weighted by atomic mass is 10.00. The second kappa shape index (κ2) is 4.82. The Hall–Kier alpha value is -1.10. The van der Waals surface area contributed by atoms with Crippen LogP contribution < -0.4 is 0 Å². The first-order valence-electron chi connectivity index (χ1n) is 5.39. The standard InChI is InChI=1S/C11H18O5/c1-5-9-6-11(4,16-8(3)13)10(15-9)14-7(2)12/h9-10H,5-6H2,1-4H3/t9-,10?,11-/m1/s1. The van der Waals surface area contributed by atoms with Crippen LogP contribution in [0.3, 0.4) is 0 Å². The van der Waals surface area contributed by atoms with Crippen molar-refractivity contribution < 1.29 is 23.8 Å². The van der Waals surface area contributed by atoms with Gasteiger partial charge in [-0.2, -0.15) is 0 Å². The molecule has 0 radical (unpaired) electrons. The van der Waals surface area contributed by atoms with E-state index in [2.05, 4.69) is 0 Å². The number of hydrogen-bond acceptors (Lipinski definition) is 5. The number of carbonyl (C=O) groups is 2. The van der Waals surface area contributed by atoms with Crippen LogP contribution in [0.2, 0.25) is 0 Å². The van der Waals surface area contributed by atoms with Crippen LogP contribution in [-0.4, -0.2) is 29.9 Å². The normalized spacial score (nSPS) is 33.5. The van der Waals surface area contributed by atoms with E-state index in [0.717, 1.165) is 6.42 Å². The highest BCUT2D eigenvalue weighted by Crippen LogP contribution is 2.35. The zero-order valence-corrected chi connectivity index (χ0v) is 10.1. The number of ether oxygens (including phenoxy) is 3. The molecule has 16 heavy (non-hydrogen) atoms. The topological polar surface area (TPSA) is 61.8 Å². The molecule has 1 heterocycles. The summed E-state index contributed by atoms with van der Waals surface area (Å²) in [5.74, 6) is -0.847. The van der Waals surface area contributed by atoms with Crippen molar-refractivity contribution in [2.75, 3.05) is 0 Å². The predicted octanol–water partition coefficient (Wildman–Crippen LogP) is 1.40. The second-order valence-corrected chi connectivity index (χ2v) is 4.22. The maximum Gasteiger partial charge on any atom is 0.305 e. The minimum Gasteiger partial charge on any atom is -0.453 e. The van der Waals surface area contributed by atoms with Gasteiger partial charge in [-0.3, -0.25) is 9.59 Å². The van der Waals surface area contributed by atoms with Gasteiger partial charge < -0.3 is 14.2 Å². The molecule has 0 saturated carbocycles. The van der Waals surface area contributed by atoms with E-state index in [9.17, 15) is 9.59 Å². The van der Waals surface area contributed by atoms with Crippen molar-refractivity contribution in [2.45, 2.75) is 58.5 Å². The Morgan fingerprint density at radius 2 is 2.00 bits per heavy atom. The van der Waals surface area contributed by atoms with Gasteiger partial charge in [-0.05, 0) is 13.3 Å². The van der Waals surface area contributed by atoms with Crippen molar-refractivity contribution in [1.82, 2.24) is 0 Å². The van der Waals surface area contributed by atoms with E-state index in [0.29, 0.717) is 6.42 Å². The molecular formula is C11H18O5. The number of rotatable bonds is 3. The third-order valence-corrected chi connectivity index (χ3v) is 2.55. The second-order valence-electron chi connectivity index (χ2n) is 4.22. The summed E-state index contributed by atoms with van der Waals surface area (Å²) in [7, 11) is 0. The van der Waals surface area contributed by atoms with Crippen molar-refractivity contribution in [3.63, 3.8) is 0 Å².